The van der Waals surface area contributed by atoms with E-state index in [1.807, 2.05) is 24.3 Å². The lowest BCUT2D eigenvalue weighted by Crippen LogP contribution is -2.27. The highest BCUT2D eigenvalue weighted by atomic mass is 16.6. The van der Waals surface area contributed by atoms with Crippen LogP contribution in [-0.4, -0.2) is 32.4 Å². The predicted octanol–water partition coefficient (Wildman–Crippen LogP) is 5.28. The second-order valence-corrected chi connectivity index (χ2v) is 8.18. The Hall–Kier alpha value is -4.20. The molecule has 0 saturated heterocycles. The van der Waals surface area contributed by atoms with Crippen LogP contribution >= 0.6 is 0 Å². The molecule has 0 aliphatic heterocycles. The maximum Gasteiger partial charge on any atom is 0.412 e. The molecule has 4 rings (SSSR count). The Kier molecular flexibility index (Phi) is 5.59. The zero-order chi connectivity index (χ0) is 22.7. The fourth-order valence-electron chi connectivity index (χ4n) is 3.21. The normalized spacial score (nSPS) is 11.2. The van der Waals surface area contributed by atoms with Crippen molar-refractivity contribution in [2.24, 2.45) is 0 Å². The summed E-state index contributed by atoms with van der Waals surface area (Å²) in [6, 6.07) is 16.2. The SMILES string of the molecule is CC(C)(C)OC(=O)Nc1cccc(Nc2ncnc3[nH]cc(C(=O)c4ccccc4)c23)c1. The molecule has 0 aliphatic rings. The minimum Gasteiger partial charge on any atom is -0.444 e. The van der Waals surface area contributed by atoms with Crippen LogP contribution in [0.25, 0.3) is 11.0 Å². The fraction of sp³-hybridized carbons (Fsp3) is 0.167. The number of carbonyl (C=O) groups is 2. The molecule has 8 nitrogen and oxygen atoms in total. The molecule has 1 amide bonds. The third-order valence-electron chi connectivity index (χ3n) is 4.52. The number of H-pyrrole nitrogens is 1. The summed E-state index contributed by atoms with van der Waals surface area (Å²) in [6.45, 7) is 5.41. The number of nitrogens with one attached hydrogen (secondary N) is 3. The number of rotatable bonds is 5. The van der Waals surface area contributed by atoms with Crippen molar-refractivity contribution in [3.8, 4) is 0 Å². The third kappa shape index (κ3) is 4.75. The van der Waals surface area contributed by atoms with Gasteiger partial charge in [-0.25, -0.2) is 14.8 Å². The zero-order valence-electron chi connectivity index (χ0n) is 18.0. The Morgan fingerprint density at radius 1 is 0.969 bits per heavy atom. The Morgan fingerprint density at radius 2 is 1.72 bits per heavy atom. The van der Waals surface area contributed by atoms with Gasteiger partial charge < -0.3 is 15.0 Å². The van der Waals surface area contributed by atoms with Gasteiger partial charge in [-0.3, -0.25) is 10.1 Å². The lowest BCUT2D eigenvalue weighted by molar-refractivity contribution is 0.0635. The number of ether oxygens (including phenoxy) is 1. The molecule has 0 aliphatic carbocycles. The molecule has 8 heteroatoms. The standard InChI is InChI=1S/C24H23N5O3/c1-24(2,3)32-23(31)29-17-11-7-10-16(12-17)28-22-19-18(13-25-21(19)26-14-27-22)20(30)15-8-5-4-6-9-15/h4-14H,1-3H3,(H,29,31)(H2,25,26,27,28). The van der Waals surface area contributed by atoms with Crippen LogP contribution in [0.1, 0.15) is 36.7 Å². The molecule has 0 fully saturated rings. The molecular formula is C24H23N5O3. The Bertz CT molecular complexity index is 1280. The monoisotopic (exact) mass is 429 g/mol. The quantitative estimate of drug-likeness (QED) is 0.373. The van der Waals surface area contributed by atoms with E-state index in [0.717, 1.165) is 0 Å². The number of carbonyl (C=O) groups excluding carboxylic acids is 2. The topological polar surface area (TPSA) is 109 Å². The molecule has 4 aromatic rings. The lowest BCUT2D eigenvalue weighted by Gasteiger charge is -2.19. The van der Waals surface area contributed by atoms with Crippen molar-refractivity contribution in [2.45, 2.75) is 26.4 Å². The number of hydrogen-bond acceptors (Lipinski definition) is 6. The van der Waals surface area contributed by atoms with Gasteiger partial charge in [0.1, 0.15) is 23.4 Å². The highest BCUT2D eigenvalue weighted by Gasteiger charge is 2.19. The molecule has 0 radical (unpaired) electrons. The molecular weight excluding hydrogens is 406 g/mol. The van der Waals surface area contributed by atoms with Gasteiger partial charge in [-0.1, -0.05) is 36.4 Å². The van der Waals surface area contributed by atoms with E-state index in [1.165, 1.54) is 6.33 Å². The third-order valence-corrected chi connectivity index (χ3v) is 4.52. The van der Waals surface area contributed by atoms with Gasteiger partial charge >= 0.3 is 6.09 Å². The van der Waals surface area contributed by atoms with Gasteiger partial charge in [0.2, 0.25) is 0 Å². The minimum absolute atomic E-state index is 0.130. The molecule has 3 N–H and O–H groups in total. The summed E-state index contributed by atoms with van der Waals surface area (Å²) in [5.74, 6) is 0.347. The van der Waals surface area contributed by atoms with Gasteiger partial charge in [-0.15, -0.1) is 0 Å². The van der Waals surface area contributed by atoms with Crippen LogP contribution in [0.5, 0.6) is 0 Å². The summed E-state index contributed by atoms with van der Waals surface area (Å²) in [5, 5.41) is 6.53. The number of aromatic nitrogens is 3. The molecule has 0 spiro atoms. The number of benzene rings is 2. The van der Waals surface area contributed by atoms with Crippen molar-refractivity contribution < 1.29 is 14.3 Å². The van der Waals surface area contributed by atoms with Crippen LogP contribution in [0.3, 0.4) is 0 Å². The highest BCUT2D eigenvalue weighted by Crippen LogP contribution is 2.28. The summed E-state index contributed by atoms with van der Waals surface area (Å²) >= 11 is 0. The summed E-state index contributed by atoms with van der Waals surface area (Å²) in [7, 11) is 0. The van der Waals surface area contributed by atoms with Crippen LogP contribution in [0, 0.1) is 0 Å². The number of aromatic amines is 1. The van der Waals surface area contributed by atoms with Crippen LogP contribution in [0.2, 0.25) is 0 Å². The first kappa shape index (κ1) is 21.0. The molecule has 0 saturated carbocycles. The zero-order valence-corrected chi connectivity index (χ0v) is 18.0. The van der Waals surface area contributed by atoms with Gasteiger partial charge in [0.05, 0.1) is 10.9 Å². The van der Waals surface area contributed by atoms with Gasteiger partial charge in [0.15, 0.2) is 5.78 Å². The van der Waals surface area contributed by atoms with E-state index >= 15 is 0 Å². The minimum atomic E-state index is -0.595. The highest BCUT2D eigenvalue weighted by molar-refractivity contribution is 6.18. The molecule has 2 aromatic carbocycles. The second-order valence-electron chi connectivity index (χ2n) is 8.18. The van der Waals surface area contributed by atoms with Crippen molar-refractivity contribution in [1.82, 2.24) is 15.0 Å². The number of fused-ring (bicyclic) bond motifs is 1. The Morgan fingerprint density at radius 3 is 2.47 bits per heavy atom. The molecule has 2 heterocycles. The van der Waals surface area contributed by atoms with Crippen LogP contribution < -0.4 is 10.6 Å². The first-order valence-electron chi connectivity index (χ1n) is 10.1. The average Bonchev–Trinajstić information content (AvgIpc) is 3.18. The number of anilines is 3. The average molecular weight is 429 g/mol. The fourth-order valence-corrected chi connectivity index (χ4v) is 3.21. The van der Waals surface area contributed by atoms with E-state index in [0.29, 0.717) is 39.4 Å². The van der Waals surface area contributed by atoms with Crippen LogP contribution in [0.4, 0.5) is 22.0 Å². The summed E-state index contributed by atoms with van der Waals surface area (Å²) in [4.78, 5) is 36.7. The molecule has 0 bridgehead atoms. The lowest BCUT2D eigenvalue weighted by atomic mass is 10.0. The smallest absolute Gasteiger partial charge is 0.412 e. The molecule has 162 valence electrons. The van der Waals surface area contributed by atoms with Crippen molar-refractivity contribution in [1.29, 1.82) is 0 Å². The summed E-state index contributed by atoms with van der Waals surface area (Å²) in [6.07, 6.45) is 2.52. The van der Waals surface area contributed by atoms with E-state index in [1.54, 1.807) is 57.3 Å². The predicted molar refractivity (Wildman–Crippen MR) is 123 cm³/mol. The number of amides is 1. The number of ketones is 1. The largest absolute Gasteiger partial charge is 0.444 e. The maximum atomic E-state index is 13.1. The van der Waals surface area contributed by atoms with Crippen LogP contribution in [-0.2, 0) is 4.74 Å². The van der Waals surface area contributed by atoms with Crippen molar-refractivity contribution in [2.75, 3.05) is 10.6 Å². The number of nitrogens with zero attached hydrogens (tertiary/aromatic N) is 2. The first-order chi connectivity index (χ1) is 15.3. The van der Waals surface area contributed by atoms with Gasteiger partial charge in [0.25, 0.3) is 0 Å². The summed E-state index contributed by atoms with van der Waals surface area (Å²) in [5.41, 5.74) is 2.23. The van der Waals surface area contributed by atoms with E-state index in [9.17, 15) is 9.59 Å². The van der Waals surface area contributed by atoms with Gasteiger partial charge in [-0.05, 0) is 39.0 Å². The van der Waals surface area contributed by atoms with E-state index in [4.69, 9.17) is 4.74 Å². The molecule has 0 atom stereocenters. The molecule has 32 heavy (non-hydrogen) atoms. The van der Waals surface area contributed by atoms with Crippen molar-refractivity contribution >= 4 is 40.1 Å². The van der Waals surface area contributed by atoms with E-state index < -0.39 is 11.7 Å². The first-order valence-corrected chi connectivity index (χ1v) is 10.1. The Balaban J connectivity index is 1.62. The van der Waals surface area contributed by atoms with E-state index in [-0.39, 0.29) is 5.78 Å². The van der Waals surface area contributed by atoms with Crippen molar-refractivity contribution in [3.63, 3.8) is 0 Å². The van der Waals surface area contributed by atoms with Crippen molar-refractivity contribution in [3.05, 3.63) is 78.2 Å². The maximum absolute atomic E-state index is 13.1. The van der Waals surface area contributed by atoms with Gasteiger partial charge in [0, 0.05) is 23.1 Å². The summed E-state index contributed by atoms with van der Waals surface area (Å²) < 4.78 is 5.30. The Labute approximate surface area is 185 Å². The molecule has 2 aromatic heterocycles. The number of hydrogen-bond donors (Lipinski definition) is 3. The second kappa shape index (κ2) is 8.50. The van der Waals surface area contributed by atoms with Gasteiger partial charge in [-0.2, -0.15) is 0 Å². The van der Waals surface area contributed by atoms with E-state index in [2.05, 4.69) is 25.6 Å². The van der Waals surface area contributed by atoms with Crippen LogP contribution in [0.15, 0.2) is 67.1 Å². The molecule has 0 unspecified atom stereocenters.